The van der Waals surface area contributed by atoms with Crippen LogP contribution < -0.4 is 4.90 Å². The van der Waals surface area contributed by atoms with Gasteiger partial charge in [0.25, 0.3) is 5.91 Å². The third-order valence-electron chi connectivity index (χ3n) is 5.08. The van der Waals surface area contributed by atoms with Crippen molar-refractivity contribution >= 4 is 23.5 Å². The van der Waals surface area contributed by atoms with E-state index in [0.29, 0.717) is 23.8 Å². The van der Waals surface area contributed by atoms with Crippen molar-refractivity contribution in [1.29, 1.82) is 0 Å². The van der Waals surface area contributed by atoms with E-state index in [1.165, 1.54) is 20.3 Å². The molecule has 0 spiro atoms. The number of allylic oxidation sites excluding steroid dienone is 2. The zero-order valence-corrected chi connectivity index (χ0v) is 15.7. The highest BCUT2D eigenvalue weighted by Gasteiger charge is 2.38. The van der Waals surface area contributed by atoms with E-state index in [0.717, 1.165) is 18.4 Å². The molecule has 7 heteroatoms. The number of fused-ring (bicyclic) bond motifs is 1. The Labute approximate surface area is 162 Å². The summed E-state index contributed by atoms with van der Waals surface area (Å²) in [5.41, 5.74) is 2.29. The molecule has 2 aliphatic heterocycles. The van der Waals surface area contributed by atoms with Crippen LogP contribution in [0.25, 0.3) is 0 Å². The molecule has 7 nitrogen and oxygen atoms in total. The predicted molar refractivity (Wildman–Crippen MR) is 101 cm³/mol. The van der Waals surface area contributed by atoms with Crippen LogP contribution in [0.1, 0.15) is 28.8 Å². The van der Waals surface area contributed by atoms with Crippen LogP contribution in [0.5, 0.6) is 0 Å². The van der Waals surface area contributed by atoms with Gasteiger partial charge in [-0.3, -0.25) is 4.79 Å². The average Bonchev–Trinajstić information content (AvgIpc) is 3.53. The van der Waals surface area contributed by atoms with Crippen LogP contribution in [0.15, 0.2) is 53.9 Å². The lowest BCUT2D eigenvalue weighted by Gasteiger charge is -2.23. The Kier molecular flexibility index (Phi) is 4.50. The molecule has 1 aromatic carbocycles. The first-order valence-corrected chi connectivity index (χ1v) is 9.04. The van der Waals surface area contributed by atoms with Crippen molar-refractivity contribution < 1.29 is 23.9 Å². The molecule has 144 valence electrons. The van der Waals surface area contributed by atoms with Gasteiger partial charge in [0.1, 0.15) is 5.70 Å². The van der Waals surface area contributed by atoms with E-state index in [4.69, 9.17) is 9.47 Å². The Bertz CT molecular complexity index is 956. The van der Waals surface area contributed by atoms with Crippen molar-refractivity contribution in [2.75, 3.05) is 19.1 Å². The maximum Gasteiger partial charge on any atom is 0.355 e. The van der Waals surface area contributed by atoms with E-state index in [-0.39, 0.29) is 17.2 Å². The lowest BCUT2D eigenvalue weighted by atomic mass is 10.1. The number of anilines is 1. The Balaban J connectivity index is 1.78. The van der Waals surface area contributed by atoms with Gasteiger partial charge in [-0.15, -0.1) is 0 Å². The van der Waals surface area contributed by atoms with Crippen molar-refractivity contribution in [1.82, 2.24) is 4.90 Å². The van der Waals surface area contributed by atoms with Crippen LogP contribution >= 0.6 is 0 Å². The monoisotopic (exact) mass is 380 g/mol. The standard InChI is InChI=1S/C21H20N2O5/c1-27-20(25)16-5-3-4-10-22(18(16)21(26)28-2)15-7-6-13-12-23(14-8-9-14)19(24)17(13)11-15/h3-7,10-11,14H,8-9,12H2,1-2H3. The first-order chi connectivity index (χ1) is 13.5. The molecule has 0 aromatic heterocycles. The summed E-state index contributed by atoms with van der Waals surface area (Å²) in [4.78, 5) is 41.0. The second kappa shape index (κ2) is 6.99. The molecule has 1 saturated carbocycles. The second-order valence-electron chi connectivity index (χ2n) is 6.82. The van der Waals surface area contributed by atoms with Crippen LogP contribution in [0, 0.1) is 0 Å². The molecule has 1 amide bonds. The fraction of sp³-hybridized carbons (Fsp3) is 0.286. The molecule has 3 aliphatic rings. The first kappa shape index (κ1) is 18.0. The molecule has 2 heterocycles. The van der Waals surface area contributed by atoms with Gasteiger partial charge in [-0.1, -0.05) is 12.1 Å². The summed E-state index contributed by atoms with van der Waals surface area (Å²) >= 11 is 0. The first-order valence-electron chi connectivity index (χ1n) is 9.04. The van der Waals surface area contributed by atoms with Crippen LogP contribution in [0.3, 0.4) is 0 Å². The van der Waals surface area contributed by atoms with Crippen molar-refractivity contribution in [3.63, 3.8) is 0 Å². The molecule has 4 rings (SSSR count). The molecule has 28 heavy (non-hydrogen) atoms. The van der Waals surface area contributed by atoms with Crippen LogP contribution in [-0.2, 0) is 25.6 Å². The Morgan fingerprint density at radius 1 is 1.07 bits per heavy atom. The quantitative estimate of drug-likeness (QED) is 0.746. The molecule has 0 radical (unpaired) electrons. The van der Waals surface area contributed by atoms with Crippen molar-refractivity contribution in [3.8, 4) is 0 Å². The normalized spacial score (nSPS) is 18.3. The summed E-state index contributed by atoms with van der Waals surface area (Å²) < 4.78 is 9.72. The SMILES string of the molecule is COC(=O)C1=C(C(=O)OC)N(c2ccc3c(c2)C(=O)N(C2CC2)C3)C=CC=C1. The van der Waals surface area contributed by atoms with E-state index in [1.54, 1.807) is 29.3 Å². The van der Waals surface area contributed by atoms with Gasteiger partial charge < -0.3 is 19.3 Å². The largest absolute Gasteiger partial charge is 0.465 e. The summed E-state index contributed by atoms with van der Waals surface area (Å²) in [7, 11) is 2.50. The lowest BCUT2D eigenvalue weighted by molar-refractivity contribution is -0.139. The fourth-order valence-electron chi connectivity index (χ4n) is 3.51. The van der Waals surface area contributed by atoms with Gasteiger partial charge in [0.05, 0.1) is 19.8 Å². The molecule has 1 aliphatic carbocycles. The summed E-state index contributed by atoms with van der Waals surface area (Å²) in [6, 6.07) is 5.81. The molecule has 1 aromatic rings. The Morgan fingerprint density at radius 3 is 2.50 bits per heavy atom. The molecule has 0 bridgehead atoms. The van der Waals surface area contributed by atoms with E-state index in [9.17, 15) is 14.4 Å². The number of amides is 1. The zero-order chi connectivity index (χ0) is 19.8. The van der Waals surface area contributed by atoms with E-state index in [2.05, 4.69) is 0 Å². The van der Waals surface area contributed by atoms with Gasteiger partial charge in [0, 0.05) is 30.0 Å². The van der Waals surface area contributed by atoms with Crippen LogP contribution in [0.4, 0.5) is 5.69 Å². The molecular formula is C21H20N2O5. The highest BCUT2D eigenvalue weighted by atomic mass is 16.5. The van der Waals surface area contributed by atoms with Gasteiger partial charge in [0.2, 0.25) is 0 Å². The third-order valence-corrected chi connectivity index (χ3v) is 5.08. The lowest BCUT2D eigenvalue weighted by Crippen LogP contribution is -2.27. The number of carbonyl (C=O) groups is 3. The summed E-state index contributed by atoms with van der Waals surface area (Å²) in [6.45, 7) is 0.615. The molecule has 0 atom stereocenters. The van der Waals surface area contributed by atoms with E-state index < -0.39 is 11.9 Å². The van der Waals surface area contributed by atoms with Gasteiger partial charge in [-0.2, -0.15) is 0 Å². The number of ether oxygens (including phenoxy) is 2. The molecule has 1 fully saturated rings. The number of methoxy groups -OCH3 is 2. The van der Waals surface area contributed by atoms with Gasteiger partial charge in [-0.05, 0) is 42.7 Å². The number of rotatable bonds is 4. The number of esters is 2. The highest BCUT2D eigenvalue weighted by Crippen LogP contribution is 2.37. The number of carbonyl (C=O) groups excluding carboxylic acids is 3. The smallest absolute Gasteiger partial charge is 0.355 e. The minimum absolute atomic E-state index is 0.00747. The summed E-state index contributed by atoms with van der Waals surface area (Å²) in [5.74, 6) is -1.32. The topological polar surface area (TPSA) is 76.2 Å². The summed E-state index contributed by atoms with van der Waals surface area (Å²) in [5, 5.41) is 0. The van der Waals surface area contributed by atoms with E-state index >= 15 is 0 Å². The number of hydrogen-bond donors (Lipinski definition) is 0. The fourth-order valence-corrected chi connectivity index (χ4v) is 3.51. The summed E-state index contributed by atoms with van der Waals surface area (Å²) in [6.07, 6.45) is 8.59. The molecule has 0 N–H and O–H groups in total. The average molecular weight is 380 g/mol. The number of benzene rings is 1. The number of hydrogen-bond acceptors (Lipinski definition) is 6. The molecule has 0 unspecified atom stereocenters. The highest BCUT2D eigenvalue weighted by molar-refractivity contribution is 6.06. The van der Waals surface area contributed by atoms with Crippen LogP contribution in [0.2, 0.25) is 0 Å². The van der Waals surface area contributed by atoms with Crippen LogP contribution in [-0.4, -0.2) is 43.0 Å². The van der Waals surface area contributed by atoms with E-state index in [1.807, 2.05) is 17.0 Å². The molecular weight excluding hydrogens is 360 g/mol. The van der Waals surface area contributed by atoms with Crippen molar-refractivity contribution in [2.24, 2.45) is 0 Å². The second-order valence-corrected chi connectivity index (χ2v) is 6.82. The van der Waals surface area contributed by atoms with Gasteiger partial charge in [-0.25, -0.2) is 9.59 Å². The number of nitrogens with zero attached hydrogens (tertiary/aromatic N) is 2. The van der Waals surface area contributed by atoms with Crippen molar-refractivity contribution in [2.45, 2.75) is 25.4 Å². The molecule has 0 saturated heterocycles. The van der Waals surface area contributed by atoms with Gasteiger partial charge >= 0.3 is 11.9 Å². The van der Waals surface area contributed by atoms with Gasteiger partial charge in [0.15, 0.2) is 0 Å². The predicted octanol–water partition coefficient (Wildman–Crippen LogP) is 2.29. The Morgan fingerprint density at radius 2 is 1.82 bits per heavy atom. The maximum absolute atomic E-state index is 12.8. The zero-order valence-electron chi connectivity index (χ0n) is 15.7. The third kappa shape index (κ3) is 2.98. The van der Waals surface area contributed by atoms with Crippen molar-refractivity contribution in [3.05, 3.63) is 65.0 Å². The Hall–Kier alpha value is -3.35. The maximum atomic E-state index is 12.8. The minimum Gasteiger partial charge on any atom is -0.465 e. The minimum atomic E-state index is -0.678.